The second kappa shape index (κ2) is 6.53. The van der Waals surface area contributed by atoms with Crippen molar-refractivity contribution in [1.29, 1.82) is 0 Å². The van der Waals surface area contributed by atoms with Gasteiger partial charge in [-0.3, -0.25) is 4.98 Å². The molecule has 1 heterocycles. The molecule has 0 aliphatic carbocycles. The molecule has 0 aliphatic heterocycles. The average molecular weight is 270 g/mol. The van der Waals surface area contributed by atoms with Gasteiger partial charge in [0.1, 0.15) is 12.4 Å². The topological polar surface area (TPSA) is 48.1 Å². The van der Waals surface area contributed by atoms with E-state index in [1.807, 2.05) is 19.1 Å². The molecular weight excluding hydrogens is 248 g/mol. The Morgan fingerprint density at radius 1 is 1.05 bits per heavy atom. The van der Waals surface area contributed by atoms with Crippen LogP contribution in [0.15, 0.2) is 30.3 Å². The zero-order valence-corrected chi connectivity index (χ0v) is 12.4. The first-order valence-corrected chi connectivity index (χ1v) is 6.95. The normalized spacial score (nSPS) is 10.6. The minimum absolute atomic E-state index is 0.560. The summed E-state index contributed by atoms with van der Waals surface area (Å²) < 4.78 is 5.92. The van der Waals surface area contributed by atoms with Gasteiger partial charge in [0.15, 0.2) is 0 Å². The molecule has 106 valence electrons. The van der Waals surface area contributed by atoms with Gasteiger partial charge in [0.25, 0.3) is 0 Å². The summed E-state index contributed by atoms with van der Waals surface area (Å²) in [6, 6.07) is 10.4. The monoisotopic (exact) mass is 270 g/mol. The highest BCUT2D eigenvalue weighted by Crippen LogP contribution is 2.19. The number of aryl methyl sites for hydroxylation is 3. The summed E-state index contributed by atoms with van der Waals surface area (Å²) in [5.74, 6) is 0.834. The number of benzene rings is 1. The molecule has 1 aromatic heterocycles. The molecule has 0 spiro atoms. The van der Waals surface area contributed by atoms with E-state index in [0.717, 1.165) is 23.6 Å². The molecule has 0 fully saturated rings. The summed E-state index contributed by atoms with van der Waals surface area (Å²) in [5.41, 5.74) is 11.3. The second-order valence-corrected chi connectivity index (χ2v) is 5.22. The molecule has 2 N–H and O–H groups in total. The minimum atomic E-state index is 0.560. The van der Waals surface area contributed by atoms with Gasteiger partial charge in [0, 0.05) is 12.1 Å². The van der Waals surface area contributed by atoms with E-state index in [0.29, 0.717) is 13.2 Å². The quantitative estimate of drug-likeness (QED) is 0.908. The van der Waals surface area contributed by atoms with Gasteiger partial charge in [-0.25, -0.2) is 0 Å². The first-order valence-electron chi connectivity index (χ1n) is 6.95. The van der Waals surface area contributed by atoms with Gasteiger partial charge in [-0.1, -0.05) is 29.3 Å². The van der Waals surface area contributed by atoms with E-state index in [4.69, 9.17) is 10.5 Å². The molecule has 0 atom stereocenters. The number of ether oxygens (including phenoxy) is 1. The van der Waals surface area contributed by atoms with E-state index < -0.39 is 0 Å². The Morgan fingerprint density at radius 3 is 2.40 bits per heavy atom. The van der Waals surface area contributed by atoms with Crippen LogP contribution in [0.25, 0.3) is 0 Å². The molecule has 0 saturated carbocycles. The maximum Gasteiger partial charge on any atom is 0.141 e. The zero-order valence-electron chi connectivity index (χ0n) is 12.4. The van der Waals surface area contributed by atoms with Crippen molar-refractivity contribution in [2.24, 2.45) is 5.73 Å². The summed E-state index contributed by atoms with van der Waals surface area (Å²) in [6.07, 6.45) is 0.740. The average Bonchev–Trinajstić information content (AvgIpc) is 2.37. The van der Waals surface area contributed by atoms with Crippen molar-refractivity contribution in [3.8, 4) is 5.75 Å². The standard InChI is InChI=1S/C17H22N2O/c1-12-8-13(2)10-15(9-12)11-20-17-5-4-14(3)19-16(17)6-7-18/h4-5,8-10H,6-7,11,18H2,1-3H3. The predicted octanol–water partition coefficient (Wildman–Crippen LogP) is 3.09. The van der Waals surface area contributed by atoms with E-state index in [1.54, 1.807) is 0 Å². The van der Waals surface area contributed by atoms with Gasteiger partial charge in [-0.15, -0.1) is 0 Å². The molecule has 0 saturated heterocycles. The maximum atomic E-state index is 5.92. The lowest BCUT2D eigenvalue weighted by Crippen LogP contribution is -2.08. The Hall–Kier alpha value is -1.87. The molecule has 0 amide bonds. The van der Waals surface area contributed by atoms with E-state index in [-0.39, 0.29) is 0 Å². The van der Waals surface area contributed by atoms with Crippen molar-refractivity contribution in [3.05, 3.63) is 58.4 Å². The predicted molar refractivity (Wildman–Crippen MR) is 82.0 cm³/mol. The van der Waals surface area contributed by atoms with Crippen LogP contribution in [0.2, 0.25) is 0 Å². The number of hydrogen-bond donors (Lipinski definition) is 1. The lowest BCUT2D eigenvalue weighted by atomic mass is 10.1. The van der Waals surface area contributed by atoms with Crippen LogP contribution in [0, 0.1) is 20.8 Å². The van der Waals surface area contributed by atoms with Crippen molar-refractivity contribution >= 4 is 0 Å². The van der Waals surface area contributed by atoms with Gasteiger partial charge in [-0.2, -0.15) is 0 Å². The van der Waals surface area contributed by atoms with Crippen LogP contribution < -0.4 is 10.5 Å². The fourth-order valence-corrected chi connectivity index (χ4v) is 2.36. The van der Waals surface area contributed by atoms with Crippen LogP contribution in [-0.4, -0.2) is 11.5 Å². The number of hydrogen-bond acceptors (Lipinski definition) is 3. The molecule has 0 unspecified atom stereocenters. The van der Waals surface area contributed by atoms with Gasteiger partial charge >= 0.3 is 0 Å². The first kappa shape index (κ1) is 14.5. The smallest absolute Gasteiger partial charge is 0.141 e. The third-order valence-corrected chi connectivity index (χ3v) is 3.13. The first-order chi connectivity index (χ1) is 9.58. The Bertz CT molecular complexity index is 573. The van der Waals surface area contributed by atoms with Crippen molar-refractivity contribution in [2.75, 3.05) is 6.54 Å². The molecule has 3 heteroatoms. The van der Waals surface area contributed by atoms with E-state index in [2.05, 4.69) is 37.0 Å². The Morgan fingerprint density at radius 2 is 1.75 bits per heavy atom. The molecule has 2 rings (SSSR count). The Balaban J connectivity index is 2.13. The summed E-state index contributed by atoms with van der Waals surface area (Å²) in [7, 11) is 0. The lowest BCUT2D eigenvalue weighted by molar-refractivity contribution is 0.301. The molecule has 0 aliphatic rings. The number of aromatic nitrogens is 1. The number of rotatable bonds is 5. The summed E-state index contributed by atoms with van der Waals surface area (Å²) >= 11 is 0. The van der Waals surface area contributed by atoms with Crippen molar-refractivity contribution in [3.63, 3.8) is 0 Å². The van der Waals surface area contributed by atoms with E-state index in [9.17, 15) is 0 Å². The third kappa shape index (κ3) is 3.81. The molecule has 20 heavy (non-hydrogen) atoms. The van der Waals surface area contributed by atoms with Crippen LogP contribution in [0.3, 0.4) is 0 Å². The van der Waals surface area contributed by atoms with Crippen LogP contribution in [-0.2, 0) is 13.0 Å². The number of nitrogens with zero attached hydrogens (tertiary/aromatic N) is 1. The fourth-order valence-electron chi connectivity index (χ4n) is 2.36. The van der Waals surface area contributed by atoms with Gasteiger partial charge in [0.2, 0.25) is 0 Å². The van der Waals surface area contributed by atoms with Crippen LogP contribution in [0.5, 0.6) is 5.75 Å². The maximum absolute atomic E-state index is 5.92. The summed E-state index contributed by atoms with van der Waals surface area (Å²) in [5, 5.41) is 0. The highest BCUT2D eigenvalue weighted by Gasteiger charge is 2.06. The summed E-state index contributed by atoms with van der Waals surface area (Å²) in [4.78, 5) is 4.51. The van der Waals surface area contributed by atoms with Crippen LogP contribution in [0.4, 0.5) is 0 Å². The van der Waals surface area contributed by atoms with E-state index in [1.165, 1.54) is 16.7 Å². The zero-order chi connectivity index (χ0) is 14.5. The Kier molecular flexibility index (Phi) is 4.74. The van der Waals surface area contributed by atoms with Crippen molar-refractivity contribution in [1.82, 2.24) is 4.98 Å². The molecule has 3 nitrogen and oxygen atoms in total. The van der Waals surface area contributed by atoms with Gasteiger partial charge in [0.05, 0.1) is 5.69 Å². The largest absolute Gasteiger partial charge is 0.487 e. The highest BCUT2D eigenvalue weighted by molar-refractivity contribution is 5.31. The fraction of sp³-hybridized carbons (Fsp3) is 0.353. The van der Waals surface area contributed by atoms with E-state index >= 15 is 0 Å². The van der Waals surface area contributed by atoms with Gasteiger partial charge < -0.3 is 10.5 Å². The third-order valence-electron chi connectivity index (χ3n) is 3.13. The number of nitrogens with two attached hydrogens (primary N) is 1. The Labute approximate surface area is 120 Å². The van der Waals surface area contributed by atoms with Crippen molar-refractivity contribution in [2.45, 2.75) is 33.8 Å². The van der Waals surface area contributed by atoms with Crippen LogP contribution in [0.1, 0.15) is 28.1 Å². The highest BCUT2D eigenvalue weighted by atomic mass is 16.5. The summed E-state index contributed by atoms with van der Waals surface area (Å²) in [6.45, 7) is 7.32. The molecule has 1 aromatic carbocycles. The molecule has 0 bridgehead atoms. The molecule has 2 aromatic rings. The molecule has 0 radical (unpaired) electrons. The molecular formula is C17H22N2O. The van der Waals surface area contributed by atoms with Crippen molar-refractivity contribution < 1.29 is 4.74 Å². The van der Waals surface area contributed by atoms with Gasteiger partial charge in [-0.05, 0) is 45.0 Å². The second-order valence-electron chi connectivity index (χ2n) is 5.22. The number of pyridine rings is 1. The minimum Gasteiger partial charge on any atom is -0.487 e. The SMILES string of the molecule is Cc1cc(C)cc(COc2ccc(C)nc2CCN)c1. The lowest BCUT2D eigenvalue weighted by Gasteiger charge is -2.12. The van der Waals surface area contributed by atoms with Crippen LogP contribution >= 0.6 is 0 Å².